The fourth-order valence-electron chi connectivity index (χ4n) is 5.22. The molecular formula is C22H28N2O4. The molecule has 6 nitrogen and oxygen atoms in total. The van der Waals surface area contributed by atoms with Gasteiger partial charge in [-0.1, -0.05) is 6.42 Å². The molecule has 150 valence electrons. The second-order valence-corrected chi connectivity index (χ2v) is 8.47. The highest BCUT2D eigenvalue weighted by atomic mass is 16.5. The van der Waals surface area contributed by atoms with Crippen LogP contribution in [-0.4, -0.2) is 37.0 Å². The van der Waals surface area contributed by atoms with Crippen molar-refractivity contribution in [3.8, 4) is 0 Å². The van der Waals surface area contributed by atoms with E-state index in [0.29, 0.717) is 24.4 Å². The van der Waals surface area contributed by atoms with Crippen molar-refractivity contribution in [1.29, 1.82) is 0 Å². The number of hydrogen-bond donors (Lipinski definition) is 1. The SMILES string of the molecule is CC(NC(=O)COC(=O)c1ccc(N2CCCC2=O)cc1)C1CC2CCC1C2. The molecule has 1 aliphatic heterocycles. The van der Waals surface area contributed by atoms with Crippen LogP contribution in [-0.2, 0) is 14.3 Å². The zero-order valence-electron chi connectivity index (χ0n) is 16.4. The predicted molar refractivity (Wildman–Crippen MR) is 105 cm³/mol. The number of esters is 1. The molecular weight excluding hydrogens is 356 g/mol. The summed E-state index contributed by atoms with van der Waals surface area (Å²) in [6.45, 7) is 2.50. The summed E-state index contributed by atoms with van der Waals surface area (Å²) in [6.07, 6.45) is 6.56. The Morgan fingerprint density at radius 3 is 2.61 bits per heavy atom. The van der Waals surface area contributed by atoms with Crippen molar-refractivity contribution in [2.24, 2.45) is 17.8 Å². The van der Waals surface area contributed by atoms with Gasteiger partial charge in [-0.15, -0.1) is 0 Å². The Morgan fingerprint density at radius 2 is 2.00 bits per heavy atom. The molecule has 1 heterocycles. The summed E-state index contributed by atoms with van der Waals surface area (Å²) in [5.74, 6) is 1.47. The Kier molecular flexibility index (Phi) is 5.38. The molecule has 4 unspecified atom stereocenters. The minimum atomic E-state index is -0.526. The second-order valence-electron chi connectivity index (χ2n) is 8.47. The third-order valence-electron chi connectivity index (χ3n) is 6.65. The molecule has 1 N–H and O–H groups in total. The number of fused-ring (bicyclic) bond motifs is 2. The number of benzene rings is 1. The fourth-order valence-corrected chi connectivity index (χ4v) is 5.22. The Balaban J connectivity index is 1.24. The zero-order valence-corrected chi connectivity index (χ0v) is 16.4. The lowest BCUT2D eigenvalue weighted by Gasteiger charge is -2.28. The number of carbonyl (C=O) groups is 3. The van der Waals surface area contributed by atoms with E-state index in [-0.39, 0.29) is 24.5 Å². The van der Waals surface area contributed by atoms with Crippen LogP contribution in [0.2, 0.25) is 0 Å². The van der Waals surface area contributed by atoms with Gasteiger partial charge in [0.2, 0.25) is 5.91 Å². The molecule has 4 atom stereocenters. The Bertz CT molecular complexity index is 760. The number of amides is 2. The van der Waals surface area contributed by atoms with Crippen LogP contribution in [0.5, 0.6) is 0 Å². The lowest BCUT2D eigenvalue weighted by Crippen LogP contribution is -2.42. The van der Waals surface area contributed by atoms with Crippen LogP contribution in [0.4, 0.5) is 5.69 Å². The van der Waals surface area contributed by atoms with Crippen LogP contribution >= 0.6 is 0 Å². The van der Waals surface area contributed by atoms with Gasteiger partial charge in [-0.05, 0) is 74.6 Å². The van der Waals surface area contributed by atoms with Gasteiger partial charge in [-0.25, -0.2) is 4.79 Å². The van der Waals surface area contributed by atoms with Gasteiger partial charge in [0.05, 0.1) is 5.56 Å². The maximum Gasteiger partial charge on any atom is 0.338 e. The Labute approximate surface area is 165 Å². The molecule has 4 rings (SSSR count). The first-order valence-corrected chi connectivity index (χ1v) is 10.4. The molecule has 0 radical (unpaired) electrons. The number of rotatable bonds is 6. The predicted octanol–water partition coefficient (Wildman–Crippen LogP) is 2.91. The van der Waals surface area contributed by atoms with Crippen molar-refractivity contribution in [3.63, 3.8) is 0 Å². The molecule has 2 saturated carbocycles. The van der Waals surface area contributed by atoms with Crippen molar-refractivity contribution >= 4 is 23.5 Å². The van der Waals surface area contributed by atoms with Gasteiger partial charge < -0.3 is 15.0 Å². The smallest absolute Gasteiger partial charge is 0.338 e. The van der Waals surface area contributed by atoms with E-state index in [0.717, 1.165) is 23.9 Å². The van der Waals surface area contributed by atoms with Crippen LogP contribution in [0.1, 0.15) is 55.8 Å². The van der Waals surface area contributed by atoms with Crippen molar-refractivity contribution in [3.05, 3.63) is 29.8 Å². The number of nitrogens with one attached hydrogen (secondary N) is 1. The highest BCUT2D eigenvalue weighted by Gasteiger charge is 2.42. The minimum Gasteiger partial charge on any atom is -0.452 e. The number of hydrogen-bond acceptors (Lipinski definition) is 4. The molecule has 0 spiro atoms. The van der Waals surface area contributed by atoms with E-state index in [1.54, 1.807) is 29.2 Å². The molecule has 0 aromatic heterocycles. The van der Waals surface area contributed by atoms with Crippen LogP contribution in [0.15, 0.2) is 24.3 Å². The Morgan fingerprint density at radius 1 is 1.21 bits per heavy atom. The van der Waals surface area contributed by atoms with Crippen molar-refractivity contribution in [2.45, 2.75) is 51.5 Å². The summed E-state index contributed by atoms with van der Waals surface area (Å²) in [7, 11) is 0. The first-order chi connectivity index (χ1) is 13.5. The van der Waals surface area contributed by atoms with Gasteiger partial charge in [-0.3, -0.25) is 9.59 Å². The lowest BCUT2D eigenvalue weighted by atomic mass is 9.84. The highest BCUT2D eigenvalue weighted by Crippen LogP contribution is 2.49. The van der Waals surface area contributed by atoms with Crippen molar-refractivity contribution in [2.75, 3.05) is 18.1 Å². The van der Waals surface area contributed by atoms with Gasteiger partial charge in [0.15, 0.2) is 6.61 Å². The summed E-state index contributed by atoms with van der Waals surface area (Å²) in [5, 5.41) is 3.00. The lowest BCUT2D eigenvalue weighted by molar-refractivity contribution is -0.125. The van der Waals surface area contributed by atoms with Gasteiger partial charge in [0.1, 0.15) is 0 Å². The topological polar surface area (TPSA) is 75.7 Å². The number of anilines is 1. The molecule has 2 aliphatic carbocycles. The first kappa shape index (κ1) is 19.0. The average Bonchev–Trinajstić information content (AvgIpc) is 3.43. The van der Waals surface area contributed by atoms with Crippen LogP contribution in [0, 0.1) is 17.8 Å². The van der Waals surface area contributed by atoms with Gasteiger partial charge in [-0.2, -0.15) is 0 Å². The van der Waals surface area contributed by atoms with Gasteiger partial charge >= 0.3 is 5.97 Å². The van der Waals surface area contributed by atoms with Gasteiger partial charge in [0, 0.05) is 24.7 Å². The molecule has 1 aromatic rings. The van der Waals surface area contributed by atoms with Crippen molar-refractivity contribution in [1.82, 2.24) is 5.32 Å². The largest absolute Gasteiger partial charge is 0.452 e. The van der Waals surface area contributed by atoms with E-state index in [4.69, 9.17) is 4.74 Å². The molecule has 1 aromatic carbocycles. The van der Waals surface area contributed by atoms with Crippen LogP contribution in [0.25, 0.3) is 0 Å². The highest BCUT2D eigenvalue weighted by molar-refractivity contribution is 5.96. The summed E-state index contributed by atoms with van der Waals surface area (Å²) < 4.78 is 5.17. The molecule has 6 heteroatoms. The average molecular weight is 384 g/mol. The number of ether oxygens (including phenoxy) is 1. The summed E-state index contributed by atoms with van der Waals surface area (Å²) in [6, 6.07) is 6.89. The molecule has 2 amide bonds. The van der Waals surface area contributed by atoms with Crippen molar-refractivity contribution < 1.29 is 19.1 Å². The van der Waals surface area contributed by atoms with Crippen LogP contribution < -0.4 is 10.2 Å². The first-order valence-electron chi connectivity index (χ1n) is 10.4. The number of carbonyl (C=O) groups excluding carboxylic acids is 3. The summed E-state index contributed by atoms with van der Waals surface area (Å²) in [4.78, 5) is 37.9. The summed E-state index contributed by atoms with van der Waals surface area (Å²) in [5.41, 5.74) is 1.17. The maximum absolute atomic E-state index is 12.2. The zero-order chi connectivity index (χ0) is 19.7. The third kappa shape index (κ3) is 3.91. The van der Waals surface area contributed by atoms with Gasteiger partial charge in [0.25, 0.3) is 5.91 Å². The molecule has 2 bridgehead atoms. The molecule has 3 aliphatic rings. The summed E-state index contributed by atoms with van der Waals surface area (Å²) >= 11 is 0. The monoisotopic (exact) mass is 384 g/mol. The van der Waals surface area contributed by atoms with E-state index in [1.165, 1.54) is 25.7 Å². The van der Waals surface area contributed by atoms with E-state index in [2.05, 4.69) is 12.2 Å². The third-order valence-corrected chi connectivity index (χ3v) is 6.65. The van der Waals surface area contributed by atoms with E-state index in [9.17, 15) is 14.4 Å². The van der Waals surface area contributed by atoms with E-state index >= 15 is 0 Å². The standard InChI is InChI=1S/C22H28N2O4/c1-14(19-12-15-4-5-17(19)11-15)23-20(25)13-28-22(27)16-6-8-18(9-7-16)24-10-2-3-21(24)26/h6-9,14-15,17,19H,2-5,10-13H2,1H3,(H,23,25). The second kappa shape index (κ2) is 7.94. The quantitative estimate of drug-likeness (QED) is 0.765. The van der Waals surface area contributed by atoms with E-state index in [1.807, 2.05) is 0 Å². The number of nitrogens with zero attached hydrogens (tertiary/aromatic N) is 1. The van der Waals surface area contributed by atoms with Crippen LogP contribution in [0.3, 0.4) is 0 Å². The molecule has 1 saturated heterocycles. The minimum absolute atomic E-state index is 0.108. The molecule has 28 heavy (non-hydrogen) atoms. The fraction of sp³-hybridized carbons (Fsp3) is 0.591. The normalized spacial score (nSPS) is 27.1. The molecule has 3 fully saturated rings. The van der Waals surface area contributed by atoms with E-state index < -0.39 is 5.97 Å². The Hall–Kier alpha value is -2.37. The maximum atomic E-state index is 12.2.